The Bertz CT molecular complexity index is 953. The number of aryl methyl sites for hydroxylation is 1. The van der Waals surface area contributed by atoms with Crippen molar-refractivity contribution in [2.75, 3.05) is 7.11 Å². The summed E-state index contributed by atoms with van der Waals surface area (Å²) in [5.74, 6) is -0.274. The van der Waals surface area contributed by atoms with Gasteiger partial charge in [0, 0.05) is 16.5 Å². The molecule has 0 saturated heterocycles. The molecule has 3 rings (SSSR count). The molecule has 0 aliphatic carbocycles. The van der Waals surface area contributed by atoms with Crippen molar-refractivity contribution < 1.29 is 14.5 Å². The number of benzene rings is 2. The molecule has 0 unspecified atom stereocenters. The molecule has 27 heavy (non-hydrogen) atoms. The number of carbonyl (C=O) groups is 1. The van der Waals surface area contributed by atoms with Gasteiger partial charge in [-0.25, -0.2) is 0 Å². The number of rotatable bonds is 6. The summed E-state index contributed by atoms with van der Waals surface area (Å²) in [6.45, 7) is 2.00. The van der Waals surface area contributed by atoms with Crippen LogP contribution in [0.1, 0.15) is 32.4 Å². The van der Waals surface area contributed by atoms with Crippen LogP contribution in [0.2, 0.25) is 0 Å². The highest BCUT2D eigenvalue weighted by Crippen LogP contribution is 2.29. The minimum Gasteiger partial charge on any atom is -0.490 e. The summed E-state index contributed by atoms with van der Waals surface area (Å²) in [6.07, 6.45) is 0. The van der Waals surface area contributed by atoms with Gasteiger partial charge in [0.15, 0.2) is 5.75 Å². The van der Waals surface area contributed by atoms with Crippen LogP contribution in [-0.2, 0) is 0 Å². The predicted molar refractivity (Wildman–Crippen MR) is 104 cm³/mol. The Morgan fingerprint density at radius 3 is 2.52 bits per heavy atom. The zero-order valence-corrected chi connectivity index (χ0v) is 15.7. The Morgan fingerprint density at radius 2 is 1.93 bits per heavy atom. The van der Waals surface area contributed by atoms with E-state index in [9.17, 15) is 14.9 Å². The largest absolute Gasteiger partial charge is 0.490 e. The number of methoxy groups -OCH3 is 1. The zero-order valence-electron chi connectivity index (χ0n) is 14.8. The van der Waals surface area contributed by atoms with Crippen molar-refractivity contribution in [3.05, 3.63) is 91.7 Å². The highest BCUT2D eigenvalue weighted by atomic mass is 32.1. The minimum atomic E-state index is -0.563. The lowest BCUT2D eigenvalue weighted by atomic mass is 10.0. The number of nitrogens with zero attached hydrogens (tertiary/aromatic N) is 1. The molecular formula is C20H18N2O4S. The molecule has 2 aromatic carbocycles. The number of nitro benzene ring substituents is 1. The molecule has 0 bridgehead atoms. The predicted octanol–water partition coefficient (Wildman–Crippen LogP) is 4.49. The van der Waals surface area contributed by atoms with Crippen molar-refractivity contribution in [2.24, 2.45) is 0 Å². The van der Waals surface area contributed by atoms with Gasteiger partial charge in [-0.05, 0) is 36.1 Å². The number of thiophene rings is 1. The van der Waals surface area contributed by atoms with Crippen LogP contribution in [0.15, 0.2) is 60.0 Å². The molecule has 1 amide bonds. The molecule has 0 aliphatic heterocycles. The zero-order chi connectivity index (χ0) is 19.4. The van der Waals surface area contributed by atoms with Gasteiger partial charge in [-0.1, -0.05) is 35.9 Å². The highest BCUT2D eigenvalue weighted by Gasteiger charge is 2.22. The van der Waals surface area contributed by atoms with Gasteiger partial charge in [-0.15, -0.1) is 11.3 Å². The van der Waals surface area contributed by atoms with Crippen LogP contribution in [0.4, 0.5) is 5.69 Å². The molecule has 0 spiro atoms. The van der Waals surface area contributed by atoms with Crippen LogP contribution >= 0.6 is 11.3 Å². The van der Waals surface area contributed by atoms with E-state index >= 15 is 0 Å². The number of amides is 1. The van der Waals surface area contributed by atoms with Crippen LogP contribution in [0, 0.1) is 17.0 Å². The second-order valence-corrected chi connectivity index (χ2v) is 6.96. The second-order valence-electron chi connectivity index (χ2n) is 5.98. The van der Waals surface area contributed by atoms with Gasteiger partial charge in [0.05, 0.1) is 18.1 Å². The smallest absolute Gasteiger partial charge is 0.311 e. The topological polar surface area (TPSA) is 81.5 Å². The van der Waals surface area contributed by atoms with E-state index in [2.05, 4.69) is 5.32 Å². The maximum atomic E-state index is 12.8. The highest BCUT2D eigenvalue weighted by molar-refractivity contribution is 7.10. The van der Waals surface area contributed by atoms with Gasteiger partial charge in [-0.2, -0.15) is 0 Å². The fourth-order valence-electron chi connectivity index (χ4n) is 2.72. The lowest BCUT2D eigenvalue weighted by Crippen LogP contribution is -2.28. The van der Waals surface area contributed by atoms with Crippen molar-refractivity contribution in [3.63, 3.8) is 0 Å². The van der Waals surface area contributed by atoms with Crippen LogP contribution in [0.5, 0.6) is 5.75 Å². The number of nitro groups is 1. The van der Waals surface area contributed by atoms with Crippen molar-refractivity contribution in [1.82, 2.24) is 5.32 Å². The summed E-state index contributed by atoms with van der Waals surface area (Å²) >= 11 is 1.54. The first-order valence-electron chi connectivity index (χ1n) is 8.23. The standard InChI is InChI=1S/C20H18N2O4S/c1-13-5-7-14(8-6-13)19(18-4-3-11-27-18)21-20(23)15-9-10-17(26-2)16(12-15)22(24)25/h3-12,19H,1-2H3,(H,21,23)/t19-/m1/s1. The summed E-state index contributed by atoms with van der Waals surface area (Å²) in [7, 11) is 1.35. The molecule has 0 saturated carbocycles. The van der Waals surface area contributed by atoms with Gasteiger partial charge in [0.1, 0.15) is 0 Å². The number of hydrogen-bond donors (Lipinski definition) is 1. The minimum absolute atomic E-state index is 0.116. The fraction of sp³-hybridized carbons (Fsp3) is 0.150. The maximum absolute atomic E-state index is 12.8. The number of ether oxygens (including phenoxy) is 1. The molecule has 6 nitrogen and oxygen atoms in total. The normalized spacial score (nSPS) is 11.6. The third kappa shape index (κ3) is 4.15. The average Bonchev–Trinajstić information content (AvgIpc) is 3.20. The van der Waals surface area contributed by atoms with E-state index in [1.54, 1.807) is 0 Å². The van der Waals surface area contributed by atoms with Gasteiger partial charge in [-0.3, -0.25) is 14.9 Å². The molecule has 0 aliphatic rings. The summed E-state index contributed by atoms with van der Waals surface area (Å²) < 4.78 is 4.99. The first-order valence-corrected chi connectivity index (χ1v) is 9.11. The quantitative estimate of drug-likeness (QED) is 0.503. The van der Waals surface area contributed by atoms with E-state index in [0.29, 0.717) is 0 Å². The van der Waals surface area contributed by atoms with E-state index < -0.39 is 4.92 Å². The molecule has 138 valence electrons. The van der Waals surface area contributed by atoms with E-state index in [4.69, 9.17) is 4.74 Å². The first-order chi connectivity index (χ1) is 13.0. The van der Waals surface area contributed by atoms with Crippen LogP contribution in [0.25, 0.3) is 0 Å². The summed E-state index contributed by atoms with van der Waals surface area (Å²) in [5, 5.41) is 16.1. The molecule has 1 atom stereocenters. The number of hydrogen-bond acceptors (Lipinski definition) is 5. The Hall–Kier alpha value is -3.19. The lowest BCUT2D eigenvalue weighted by Gasteiger charge is -2.18. The Morgan fingerprint density at radius 1 is 1.19 bits per heavy atom. The van der Waals surface area contributed by atoms with Gasteiger partial charge < -0.3 is 10.1 Å². The number of carbonyl (C=O) groups excluding carboxylic acids is 1. The van der Waals surface area contributed by atoms with Gasteiger partial charge in [0.2, 0.25) is 0 Å². The van der Waals surface area contributed by atoms with E-state index in [0.717, 1.165) is 16.0 Å². The lowest BCUT2D eigenvalue weighted by molar-refractivity contribution is -0.385. The van der Waals surface area contributed by atoms with Gasteiger partial charge in [0.25, 0.3) is 5.91 Å². The van der Waals surface area contributed by atoms with Crippen molar-refractivity contribution in [3.8, 4) is 5.75 Å². The fourth-order valence-corrected chi connectivity index (χ4v) is 3.52. The molecule has 0 radical (unpaired) electrons. The van der Waals surface area contributed by atoms with E-state index in [1.807, 2.05) is 48.7 Å². The van der Waals surface area contributed by atoms with Crippen LogP contribution < -0.4 is 10.1 Å². The summed E-state index contributed by atoms with van der Waals surface area (Å²) in [6, 6.07) is 15.6. The second kappa shape index (κ2) is 8.01. The Labute approximate surface area is 160 Å². The van der Waals surface area contributed by atoms with Crippen LogP contribution in [-0.4, -0.2) is 17.9 Å². The maximum Gasteiger partial charge on any atom is 0.311 e. The monoisotopic (exact) mass is 382 g/mol. The SMILES string of the molecule is COc1ccc(C(=O)N[C@H](c2ccc(C)cc2)c2cccs2)cc1[N+](=O)[O-]. The van der Waals surface area contributed by atoms with E-state index in [1.165, 1.54) is 36.6 Å². The molecule has 1 N–H and O–H groups in total. The first kappa shape index (κ1) is 18.6. The van der Waals surface area contributed by atoms with Crippen molar-refractivity contribution in [2.45, 2.75) is 13.0 Å². The molecular weight excluding hydrogens is 364 g/mol. The average molecular weight is 382 g/mol. The molecule has 1 heterocycles. The van der Waals surface area contributed by atoms with Crippen molar-refractivity contribution in [1.29, 1.82) is 0 Å². The molecule has 7 heteroatoms. The third-order valence-corrected chi connectivity index (χ3v) is 5.09. The summed E-state index contributed by atoms with van der Waals surface area (Å²) in [4.78, 5) is 24.4. The molecule has 3 aromatic rings. The molecule has 1 aromatic heterocycles. The van der Waals surface area contributed by atoms with Crippen molar-refractivity contribution >= 4 is 22.9 Å². The molecule has 0 fully saturated rings. The Kier molecular flexibility index (Phi) is 5.52. The van der Waals surface area contributed by atoms with E-state index in [-0.39, 0.29) is 28.9 Å². The summed E-state index contributed by atoms with van der Waals surface area (Å²) in [5.41, 5.74) is 2.03. The third-order valence-electron chi connectivity index (χ3n) is 4.15. The van der Waals surface area contributed by atoms with Crippen LogP contribution in [0.3, 0.4) is 0 Å². The Balaban J connectivity index is 1.92. The van der Waals surface area contributed by atoms with Gasteiger partial charge >= 0.3 is 5.69 Å². The number of nitrogens with one attached hydrogen (secondary N) is 1.